The van der Waals surface area contributed by atoms with E-state index in [1.54, 1.807) is 32.4 Å². The first-order chi connectivity index (χ1) is 10.5. The van der Waals surface area contributed by atoms with Crippen LogP contribution in [-0.4, -0.2) is 20.1 Å². The number of ether oxygens (including phenoxy) is 2. The van der Waals surface area contributed by atoms with E-state index in [0.717, 1.165) is 16.8 Å². The van der Waals surface area contributed by atoms with Crippen LogP contribution in [0.25, 0.3) is 0 Å². The average Bonchev–Trinajstić information content (AvgIpc) is 2.51. The van der Waals surface area contributed by atoms with E-state index < -0.39 is 0 Å². The van der Waals surface area contributed by atoms with E-state index in [2.05, 4.69) is 5.32 Å². The van der Waals surface area contributed by atoms with Crippen LogP contribution in [0.1, 0.15) is 11.1 Å². The zero-order valence-corrected chi connectivity index (χ0v) is 13.0. The van der Waals surface area contributed by atoms with E-state index in [4.69, 9.17) is 15.2 Å². The van der Waals surface area contributed by atoms with Gasteiger partial charge in [0.05, 0.1) is 20.6 Å². The normalized spacial score (nSPS) is 10.1. The first-order valence-corrected chi connectivity index (χ1v) is 6.91. The summed E-state index contributed by atoms with van der Waals surface area (Å²) in [6, 6.07) is 10.9. The molecule has 0 aliphatic rings. The Morgan fingerprint density at radius 1 is 1.14 bits per heavy atom. The van der Waals surface area contributed by atoms with Crippen LogP contribution in [0.2, 0.25) is 0 Å². The Kier molecular flexibility index (Phi) is 4.88. The number of nitrogens with one attached hydrogen (secondary N) is 1. The largest absolute Gasteiger partial charge is 0.493 e. The number of rotatable bonds is 5. The van der Waals surface area contributed by atoms with Crippen LogP contribution in [-0.2, 0) is 11.2 Å². The molecule has 0 saturated carbocycles. The van der Waals surface area contributed by atoms with Crippen LogP contribution >= 0.6 is 0 Å². The summed E-state index contributed by atoms with van der Waals surface area (Å²) in [5.41, 5.74) is 8.93. The summed E-state index contributed by atoms with van der Waals surface area (Å²) in [6.45, 7) is 1.88. The van der Waals surface area contributed by atoms with Crippen molar-refractivity contribution in [2.45, 2.75) is 13.3 Å². The molecule has 3 N–H and O–H groups in total. The molecule has 0 aromatic heterocycles. The highest BCUT2D eigenvalue weighted by atomic mass is 16.5. The number of nitrogen functional groups attached to an aromatic ring is 1. The molecule has 2 aromatic carbocycles. The predicted octanol–water partition coefficient (Wildman–Crippen LogP) is 2.78. The summed E-state index contributed by atoms with van der Waals surface area (Å²) in [5, 5.41) is 2.87. The van der Waals surface area contributed by atoms with Crippen molar-refractivity contribution in [1.82, 2.24) is 0 Å². The van der Waals surface area contributed by atoms with Crippen molar-refractivity contribution < 1.29 is 14.3 Å². The van der Waals surface area contributed by atoms with Crippen molar-refractivity contribution in [1.29, 1.82) is 0 Å². The van der Waals surface area contributed by atoms with Crippen LogP contribution < -0.4 is 20.5 Å². The molecular weight excluding hydrogens is 280 g/mol. The number of hydrogen-bond donors (Lipinski definition) is 2. The molecule has 5 heteroatoms. The molecular formula is C17H20N2O3. The summed E-state index contributed by atoms with van der Waals surface area (Å²) in [6.07, 6.45) is 0.245. The maximum atomic E-state index is 12.2. The third kappa shape index (κ3) is 3.49. The molecule has 0 aliphatic carbocycles. The van der Waals surface area contributed by atoms with Gasteiger partial charge in [-0.2, -0.15) is 0 Å². The predicted molar refractivity (Wildman–Crippen MR) is 87.5 cm³/mol. The number of hydrogen-bond acceptors (Lipinski definition) is 4. The molecule has 0 bridgehead atoms. The van der Waals surface area contributed by atoms with Gasteiger partial charge in [-0.25, -0.2) is 0 Å². The number of anilines is 2. The van der Waals surface area contributed by atoms with E-state index in [9.17, 15) is 4.79 Å². The molecule has 0 heterocycles. The summed E-state index contributed by atoms with van der Waals surface area (Å²) in [7, 11) is 3.14. The lowest BCUT2D eigenvalue weighted by Crippen LogP contribution is -2.15. The molecule has 0 fully saturated rings. The molecule has 116 valence electrons. The zero-order valence-electron chi connectivity index (χ0n) is 13.0. The molecule has 0 atom stereocenters. The van der Waals surface area contributed by atoms with Crippen LogP contribution in [0.3, 0.4) is 0 Å². The maximum absolute atomic E-state index is 12.2. The SMILES string of the molecule is COc1ccc(CC(=O)Nc2cccc(N)c2C)cc1OC. The van der Waals surface area contributed by atoms with Crippen LogP contribution in [0.5, 0.6) is 11.5 Å². The summed E-state index contributed by atoms with van der Waals surface area (Å²) < 4.78 is 10.4. The fraction of sp³-hybridized carbons (Fsp3) is 0.235. The second-order valence-corrected chi connectivity index (χ2v) is 4.93. The number of nitrogens with two attached hydrogens (primary N) is 1. The Bertz CT molecular complexity index is 684. The molecule has 5 nitrogen and oxygen atoms in total. The van der Waals surface area contributed by atoms with Crippen molar-refractivity contribution in [3.8, 4) is 11.5 Å². The van der Waals surface area contributed by atoms with Gasteiger partial charge in [0.25, 0.3) is 0 Å². The minimum atomic E-state index is -0.110. The summed E-state index contributed by atoms with van der Waals surface area (Å²) in [5.74, 6) is 1.13. The van der Waals surface area contributed by atoms with Crippen LogP contribution in [0.4, 0.5) is 11.4 Å². The highest BCUT2D eigenvalue weighted by Crippen LogP contribution is 2.28. The first-order valence-electron chi connectivity index (χ1n) is 6.91. The monoisotopic (exact) mass is 300 g/mol. The summed E-state index contributed by atoms with van der Waals surface area (Å²) in [4.78, 5) is 12.2. The Hall–Kier alpha value is -2.69. The van der Waals surface area contributed by atoms with Gasteiger partial charge in [-0.15, -0.1) is 0 Å². The highest BCUT2D eigenvalue weighted by Gasteiger charge is 2.10. The van der Waals surface area contributed by atoms with Gasteiger partial charge in [0, 0.05) is 11.4 Å². The fourth-order valence-corrected chi connectivity index (χ4v) is 2.16. The number of amides is 1. The Balaban J connectivity index is 2.10. The van der Waals surface area contributed by atoms with Gasteiger partial charge in [0.2, 0.25) is 5.91 Å². The lowest BCUT2D eigenvalue weighted by Gasteiger charge is -2.11. The Morgan fingerprint density at radius 2 is 1.86 bits per heavy atom. The van der Waals surface area contributed by atoms with Gasteiger partial charge in [0.1, 0.15) is 0 Å². The third-order valence-electron chi connectivity index (χ3n) is 3.46. The third-order valence-corrected chi connectivity index (χ3v) is 3.46. The minimum Gasteiger partial charge on any atom is -0.493 e. The van der Waals surface area contributed by atoms with E-state index in [1.807, 2.05) is 25.1 Å². The van der Waals surface area contributed by atoms with Crippen LogP contribution in [0.15, 0.2) is 36.4 Å². The first kappa shape index (κ1) is 15.7. The molecule has 0 saturated heterocycles. The molecule has 0 aliphatic heterocycles. The number of carbonyl (C=O) groups excluding carboxylic acids is 1. The lowest BCUT2D eigenvalue weighted by molar-refractivity contribution is -0.115. The number of carbonyl (C=O) groups is 1. The van der Waals surface area contributed by atoms with Crippen molar-refractivity contribution in [3.05, 3.63) is 47.5 Å². The smallest absolute Gasteiger partial charge is 0.228 e. The van der Waals surface area contributed by atoms with E-state index >= 15 is 0 Å². The van der Waals surface area contributed by atoms with Gasteiger partial charge in [0.15, 0.2) is 11.5 Å². The second kappa shape index (κ2) is 6.85. The maximum Gasteiger partial charge on any atom is 0.228 e. The van der Waals surface area contributed by atoms with E-state index in [0.29, 0.717) is 17.2 Å². The fourth-order valence-electron chi connectivity index (χ4n) is 2.16. The summed E-state index contributed by atoms with van der Waals surface area (Å²) >= 11 is 0. The van der Waals surface area contributed by atoms with E-state index in [1.165, 1.54) is 0 Å². The van der Waals surface area contributed by atoms with Crippen molar-refractivity contribution >= 4 is 17.3 Å². The molecule has 2 aromatic rings. The van der Waals surface area contributed by atoms with Gasteiger partial charge < -0.3 is 20.5 Å². The lowest BCUT2D eigenvalue weighted by atomic mass is 10.1. The average molecular weight is 300 g/mol. The minimum absolute atomic E-state index is 0.110. The molecule has 22 heavy (non-hydrogen) atoms. The molecule has 0 radical (unpaired) electrons. The topological polar surface area (TPSA) is 73.6 Å². The Labute approximate surface area is 130 Å². The Morgan fingerprint density at radius 3 is 2.55 bits per heavy atom. The van der Waals surface area contributed by atoms with Gasteiger partial charge in [-0.05, 0) is 42.3 Å². The second-order valence-electron chi connectivity index (χ2n) is 4.93. The van der Waals surface area contributed by atoms with Crippen molar-refractivity contribution in [2.75, 3.05) is 25.3 Å². The molecule has 0 unspecified atom stereocenters. The quantitative estimate of drug-likeness (QED) is 0.833. The molecule has 0 spiro atoms. The van der Waals surface area contributed by atoms with Gasteiger partial charge in [-0.3, -0.25) is 4.79 Å². The van der Waals surface area contributed by atoms with E-state index in [-0.39, 0.29) is 12.3 Å². The van der Waals surface area contributed by atoms with Gasteiger partial charge in [-0.1, -0.05) is 12.1 Å². The van der Waals surface area contributed by atoms with Crippen molar-refractivity contribution in [3.63, 3.8) is 0 Å². The van der Waals surface area contributed by atoms with Crippen molar-refractivity contribution in [2.24, 2.45) is 0 Å². The number of benzene rings is 2. The number of methoxy groups -OCH3 is 2. The molecule has 1 amide bonds. The standard InChI is InChI=1S/C17H20N2O3/c1-11-13(18)5-4-6-14(11)19-17(20)10-12-7-8-15(21-2)16(9-12)22-3/h4-9H,10,18H2,1-3H3,(H,19,20). The zero-order chi connectivity index (χ0) is 16.1. The molecule has 2 rings (SSSR count). The van der Waals surface area contributed by atoms with Gasteiger partial charge >= 0.3 is 0 Å². The highest BCUT2D eigenvalue weighted by molar-refractivity contribution is 5.93. The van der Waals surface area contributed by atoms with Crippen LogP contribution in [0, 0.1) is 6.92 Å².